The van der Waals surface area contributed by atoms with Crippen molar-refractivity contribution in [3.8, 4) is 5.69 Å². The number of nitrogens with zero attached hydrogens (tertiary/aromatic N) is 4. The zero-order valence-corrected chi connectivity index (χ0v) is 25.0. The van der Waals surface area contributed by atoms with E-state index in [1.165, 1.54) is 9.80 Å². The van der Waals surface area contributed by atoms with Gasteiger partial charge in [-0.1, -0.05) is 35.9 Å². The molecule has 0 radical (unpaired) electrons. The summed E-state index contributed by atoms with van der Waals surface area (Å²) in [5.41, 5.74) is 2.86. The summed E-state index contributed by atoms with van der Waals surface area (Å²) in [6.07, 6.45) is 5.99. The van der Waals surface area contributed by atoms with Crippen LogP contribution in [0.15, 0.2) is 79.4 Å². The fourth-order valence-electron chi connectivity index (χ4n) is 6.24. The molecule has 0 aliphatic carbocycles. The Bertz CT molecular complexity index is 1960. The van der Waals surface area contributed by atoms with Crippen LogP contribution < -0.4 is 10.6 Å². The molecule has 5 aromatic rings. The number of amides is 4. The molecule has 2 aliphatic rings. The largest absolute Gasteiger partial charge is 0.315 e. The van der Waals surface area contributed by atoms with Crippen LogP contribution >= 0.6 is 11.6 Å². The lowest BCUT2D eigenvalue weighted by Gasteiger charge is -2.28. The standard InChI is InChI=1S/C34H29ClN6O4/c35-27-10-8-25-29-21(27)4-1-6-23(29)31(42)40(33(25)44)18-15-36-12-3-13-37-16-19-41-32(43)24-7-2-5-22-28(39-17-14-38-20-39)11-9-26(30(22)24)34(41)45/h1-2,4-11,14,17,20,36-37H,3,12-13,15-16,18-19H2. The number of rotatable bonds is 11. The average Bonchev–Trinajstić information content (AvgIpc) is 3.59. The summed E-state index contributed by atoms with van der Waals surface area (Å²) < 4.78 is 1.87. The van der Waals surface area contributed by atoms with Gasteiger partial charge in [0, 0.05) is 87.4 Å². The lowest BCUT2D eigenvalue weighted by molar-refractivity contribution is 0.0597. The van der Waals surface area contributed by atoms with E-state index in [-0.39, 0.29) is 36.7 Å². The number of hydrogen-bond acceptors (Lipinski definition) is 7. The molecule has 0 atom stereocenters. The first-order chi connectivity index (χ1) is 22.0. The lowest BCUT2D eigenvalue weighted by Crippen LogP contribution is -2.44. The van der Waals surface area contributed by atoms with Crippen molar-refractivity contribution in [1.82, 2.24) is 30.0 Å². The molecule has 0 fully saturated rings. The third-order valence-corrected chi connectivity index (χ3v) is 8.75. The molecule has 10 nitrogen and oxygen atoms in total. The van der Waals surface area contributed by atoms with Crippen LogP contribution in [-0.4, -0.2) is 82.2 Å². The summed E-state index contributed by atoms with van der Waals surface area (Å²) in [7, 11) is 0. The summed E-state index contributed by atoms with van der Waals surface area (Å²) in [6, 6.07) is 17.9. The molecule has 11 heteroatoms. The molecule has 226 valence electrons. The Balaban J connectivity index is 0.881. The topological polar surface area (TPSA) is 117 Å². The minimum absolute atomic E-state index is 0.251. The molecule has 1 aromatic heterocycles. The molecule has 0 unspecified atom stereocenters. The zero-order chi connectivity index (χ0) is 31.1. The Labute approximate surface area is 263 Å². The third-order valence-electron chi connectivity index (χ3n) is 8.42. The summed E-state index contributed by atoms with van der Waals surface area (Å²) in [5, 5.41) is 9.93. The van der Waals surface area contributed by atoms with E-state index in [0.29, 0.717) is 69.6 Å². The van der Waals surface area contributed by atoms with E-state index in [9.17, 15) is 19.2 Å². The van der Waals surface area contributed by atoms with Crippen molar-refractivity contribution in [2.24, 2.45) is 0 Å². The maximum Gasteiger partial charge on any atom is 0.261 e. The number of benzene rings is 4. The maximum atomic E-state index is 13.4. The SMILES string of the molecule is O=C1c2cccc3c(Cl)ccc(c23)C(=O)N1CCNCCCNCCN1C(=O)c2cccc3c(-n4ccnc4)ccc(c23)C1=O. The van der Waals surface area contributed by atoms with Gasteiger partial charge in [-0.05, 0) is 55.9 Å². The molecule has 0 saturated heterocycles. The van der Waals surface area contributed by atoms with Crippen LogP contribution in [0.5, 0.6) is 0 Å². The van der Waals surface area contributed by atoms with E-state index in [2.05, 4.69) is 15.6 Å². The smallest absolute Gasteiger partial charge is 0.261 e. The van der Waals surface area contributed by atoms with Gasteiger partial charge in [-0.25, -0.2) is 4.98 Å². The first kappa shape index (κ1) is 28.8. The van der Waals surface area contributed by atoms with Gasteiger partial charge >= 0.3 is 0 Å². The van der Waals surface area contributed by atoms with E-state index < -0.39 is 0 Å². The fraction of sp³-hybridized carbons (Fsp3) is 0.206. The highest BCUT2D eigenvalue weighted by Crippen LogP contribution is 2.35. The molecule has 4 aromatic carbocycles. The normalized spacial score (nSPS) is 14.3. The fourth-order valence-corrected chi connectivity index (χ4v) is 6.46. The molecule has 2 aliphatic heterocycles. The van der Waals surface area contributed by atoms with Gasteiger partial charge in [0.05, 0.1) is 12.0 Å². The Morgan fingerprint density at radius 3 is 1.73 bits per heavy atom. The molecule has 4 amide bonds. The van der Waals surface area contributed by atoms with E-state index in [0.717, 1.165) is 17.5 Å². The van der Waals surface area contributed by atoms with Gasteiger partial charge in [-0.3, -0.25) is 29.0 Å². The second kappa shape index (κ2) is 11.9. The Kier molecular flexibility index (Phi) is 7.62. The first-order valence-corrected chi connectivity index (χ1v) is 15.2. The predicted molar refractivity (Wildman–Crippen MR) is 171 cm³/mol. The number of imidazole rings is 1. The molecular formula is C34H29ClN6O4. The quantitative estimate of drug-likeness (QED) is 0.167. The number of imide groups is 2. The van der Waals surface area contributed by atoms with Gasteiger partial charge in [0.2, 0.25) is 0 Å². The summed E-state index contributed by atoms with van der Waals surface area (Å²) in [4.78, 5) is 59.6. The first-order valence-electron chi connectivity index (χ1n) is 14.8. The molecule has 7 rings (SSSR count). The Morgan fingerprint density at radius 1 is 0.622 bits per heavy atom. The van der Waals surface area contributed by atoms with E-state index in [1.54, 1.807) is 48.9 Å². The van der Waals surface area contributed by atoms with Crippen molar-refractivity contribution in [2.75, 3.05) is 39.3 Å². The molecule has 3 heterocycles. The van der Waals surface area contributed by atoms with Crippen LogP contribution in [0.1, 0.15) is 47.9 Å². The van der Waals surface area contributed by atoms with Crippen molar-refractivity contribution < 1.29 is 19.2 Å². The van der Waals surface area contributed by atoms with Gasteiger partial charge in [-0.15, -0.1) is 0 Å². The Morgan fingerprint density at radius 2 is 1.16 bits per heavy atom. The number of hydrogen-bond donors (Lipinski definition) is 2. The second-order valence-corrected chi connectivity index (χ2v) is 11.4. The predicted octanol–water partition coefficient (Wildman–Crippen LogP) is 4.29. The summed E-state index contributed by atoms with van der Waals surface area (Å²) in [6.45, 7) is 2.76. The number of carbonyl (C=O) groups is 4. The highest BCUT2D eigenvalue weighted by atomic mass is 35.5. The van der Waals surface area contributed by atoms with Gasteiger partial charge in [0.1, 0.15) is 0 Å². The van der Waals surface area contributed by atoms with Crippen LogP contribution in [0.3, 0.4) is 0 Å². The molecule has 45 heavy (non-hydrogen) atoms. The van der Waals surface area contributed by atoms with Crippen LogP contribution in [0.2, 0.25) is 5.02 Å². The molecular weight excluding hydrogens is 592 g/mol. The molecule has 0 spiro atoms. The van der Waals surface area contributed by atoms with E-state index >= 15 is 0 Å². The van der Waals surface area contributed by atoms with Gasteiger partial charge in [0.25, 0.3) is 23.6 Å². The maximum absolute atomic E-state index is 13.4. The molecule has 0 bridgehead atoms. The third kappa shape index (κ3) is 4.97. The monoisotopic (exact) mass is 620 g/mol. The van der Waals surface area contributed by atoms with Crippen molar-refractivity contribution in [3.05, 3.63) is 107 Å². The van der Waals surface area contributed by atoms with Crippen molar-refractivity contribution in [1.29, 1.82) is 0 Å². The van der Waals surface area contributed by atoms with Crippen molar-refractivity contribution >= 4 is 56.8 Å². The van der Waals surface area contributed by atoms with Crippen molar-refractivity contribution in [3.63, 3.8) is 0 Å². The molecule has 2 N–H and O–H groups in total. The minimum atomic E-state index is -0.317. The van der Waals surface area contributed by atoms with Gasteiger partial charge in [0.15, 0.2) is 0 Å². The van der Waals surface area contributed by atoms with Gasteiger partial charge < -0.3 is 15.2 Å². The Hall–Kier alpha value is -4.90. The van der Waals surface area contributed by atoms with Crippen LogP contribution in [-0.2, 0) is 0 Å². The van der Waals surface area contributed by atoms with Gasteiger partial charge in [-0.2, -0.15) is 0 Å². The lowest BCUT2D eigenvalue weighted by atomic mass is 9.93. The molecule has 0 saturated carbocycles. The number of nitrogens with one attached hydrogen (secondary N) is 2. The number of carbonyl (C=O) groups excluding carboxylic acids is 4. The highest BCUT2D eigenvalue weighted by molar-refractivity contribution is 6.38. The summed E-state index contributed by atoms with van der Waals surface area (Å²) >= 11 is 6.30. The highest BCUT2D eigenvalue weighted by Gasteiger charge is 2.34. The second-order valence-electron chi connectivity index (χ2n) is 11.0. The number of aromatic nitrogens is 2. The average molecular weight is 621 g/mol. The summed E-state index contributed by atoms with van der Waals surface area (Å²) in [5.74, 6) is -1.23. The van der Waals surface area contributed by atoms with Crippen LogP contribution in [0.4, 0.5) is 0 Å². The number of halogens is 1. The van der Waals surface area contributed by atoms with E-state index in [1.807, 2.05) is 35.0 Å². The van der Waals surface area contributed by atoms with Crippen LogP contribution in [0, 0.1) is 0 Å². The zero-order valence-electron chi connectivity index (χ0n) is 24.3. The van der Waals surface area contributed by atoms with E-state index in [4.69, 9.17) is 11.6 Å². The minimum Gasteiger partial charge on any atom is -0.315 e. The van der Waals surface area contributed by atoms with Crippen molar-refractivity contribution in [2.45, 2.75) is 6.42 Å². The van der Waals surface area contributed by atoms with Crippen LogP contribution in [0.25, 0.3) is 27.2 Å².